The van der Waals surface area contributed by atoms with E-state index in [1.165, 1.54) is 5.56 Å². The lowest BCUT2D eigenvalue weighted by molar-refractivity contribution is 0.459. The van der Waals surface area contributed by atoms with Crippen molar-refractivity contribution in [2.75, 3.05) is 5.32 Å². The zero-order valence-corrected chi connectivity index (χ0v) is 20.0. The van der Waals surface area contributed by atoms with Crippen LogP contribution in [0.15, 0.2) is 67.0 Å². The predicted octanol–water partition coefficient (Wildman–Crippen LogP) is 6.36. The van der Waals surface area contributed by atoms with Gasteiger partial charge < -0.3 is 14.6 Å². The largest absolute Gasteiger partial charge is 0.436 e. The molecule has 0 amide bonds. The Morgan fingerprint density at radius 1 is 0.971 bits per heavy atom. The van der Waals surface area contributed by atoms with Crippen LogP contribution in [-0.4, -0.2) is 19.5 Å². The molecule has 2 aromatic carbocycles. The van der Waals surface area contributed by atoms with Crippen LogP contribution in [0.2, 0.25) is 0 Å². The van der Waals surface area contributed by atoms with Crippen LogP contribution in [0.25, 0.3) is 22.2 Å². The van der Waals surface area contributed by atoms with Crippen molar-refractivity contribution in [2.24, 2.45) is 7.05 Å². The van der Waals surface area contributed by atoms with Crippen molar-refractivity contribution in [1.29, 1.82) is 5.26 Å². The molecule has 0 unspecified atom stereocenters. The van der Waals surface area contributed by atoms with Crippen LogP contribution < -0.4 is 10.1 Å². The van der Waals surface area contributed by atoms with Crippen molar-refractivity contribution in [2.45, 2.75) is 20.8 Å². The van der Waals surface area contributed by atoms with Crippen molar-refractivity contribution < 1.29 is 4.74 Å². The summed E-state index contributed by atoms with van der Waals surface area (Å²) in [6, 6.07) is 19.9. The molecule has 3 aromatic heterocycles. The maximum absolute atomic E-state index is 9.46. The summed E-state index contributed by atoms with van der Waals surface area (Å²) in [5.74, 6) is 1.65. The first kappa shape index (κ1) is 22.1. The minimum Gasteiger partial charge on any atom is -0.436 e. The van der Waals surface area contributed by atoms with Crippen molar-refractivity contribution in [3.8, 4) is 28.8 Å². The third-order valence-electron chi connectivity index (χ3n) is 5.88. The number of aryl methyl sites for hydroxylation is 4. The minimum atomic E-state index is 0.396. The van der Waals surface area contributed by atoms with Crippen LogP contribution >= 0.6 is 0 Å². The molecule has 3 heterocycles. The molecule has 7 nitrogen and oxygen atoms in total. The topological polar surface area (TPSA) is 88.7 Å². The molecule has 5 aromatic rings. The van der Waals surface area contributed by atoms with E-state index in [1.54, 1.807) is 6.20 Å². The summed E-state index contributed by atoms with van der Waals surface area (Å²) in [5.41, 5.74) is 7.65. The van der Waals surface area contributed by atoms with Crippen LogP contribution in [0.4, 0.5) is 11.6 Å². The normalized spacial score (nSPS) is 10.8. The number of anilines is 2. The number of ether oxygens (including phenoxy) is 1. The molecule has 0 aliphatic carbocycles. The Hall–Kier alpha value is -4.70. The first-order chi connectivity index (χ1) is 16.9. The van der Waals surface area contributed by atoms with Crippen LogP contribution in [0.1, 0.15) is 22.4 Å². The molecule has 7 heteroatoms. The Bertz CT molecular complexity index is 1570. The number of fused-ring (bicyclic) bond motifs is 1. The molecule has 0 bridgehead atoms. The van der Waals surface area contributed by atoms with Crippen molar-refractivity contribution in [3.05, 3.63) is 89.4 Å². The van der Waals surface area contributed by atoms with E-state index in [0.29, 0.717) is 17.5 Å². The quantitative estimate of drug-likeness (QED) is 0.328. The molecular formula is C28H24N6O. The lowest BCUT2D eigenvalue weighted by Gasteiger charge is -2.16. The van der Waals surface area contributed by atoms with E-state index in [0.717, 1.165) is 44.7 Å². The smallest absolute Gasteiger partial charge is 0.249 e. The fraction of sp³-hybridized carbons (Fsp3) is 0.143. The summed E-state index contributed by atoms with van der Waals surface area (Å²) in [6.45, 7) is 6.03. The van der Waals surface area contributed by atoms with Gasteiger partial charge in [0.15, 0.2) is 0 Å². The van der Waals surface area contributed by atoms with Gasteiger partial charge in [-0.25, -0.2) is 9.97 Å². The molecule has 1 N–H and O–H groups in total. The van der Waals surface area contributed by atoms with E-state index in [-0.39, 0.29) is 0 Å². The number of hydrogen-bond acceptors (Lipinski definition) is 6. The number of nitrogens with one attached hydrogen (secondary N) is 1. The molecule has 0 atom stereocenters. The summed E-state index contributed by atoms with van der Waals surface area (Å²) in [7, 11) is 1.94. The van der Waals surface area contributed by atoms with Crippen LogP contribution in [0.5, 0.6) is 11.6 Å². The number of aromatic nitrogens is 4. The maximum atomic E-state index is 9.46. The zero-order chi connectivity index (χ0) is 24.5. The first-order valence-electron chi connectivity index (χ1n) is 11.2. The van der Waals surface area contributed by atoms with E-state index in [4.69, 9.17) is 9.72 Å². The second-order valence-electron chi connectivity index (χ2n) is 8.56. The van der Waals surface area contributed by atoms with E-state index >= 15 is 0 Å². The molecular weight excluding hydrogens is 436 g/mol. The van der Waals surface area contributed by atoms with Crippen LogP contribution in [-0.2, 0) is 7.05 Å². The van der Waals surface area contributed by atoms with E-state index in [9.17, 15) is 5.26 Å². The number of nitrogens with zero attached hydrogens (tertiary/aromatic N) is 5. The first-order valence-corrected chi connectivity index (χ1v) is 11.2. The van der Waals surface area contributed by atoms with E-state index in [2.05, 4.69) is 21.4 Å². The zero-order valence-electron chi connectivity index (χ0n) is 20.0. The monoisotopic (exact) mass is 460 g/mol. The predicted molar refractivity (Wildman–Crippen MR) is 137 cm³/mol. The Morgan fingerprint density at radius 2 is 1.71 bits per heavy atom. The van der Waals surface area contributed by atoms with E-state index in [1.807, 2.05) is 93.2 Å². The fourth-order valence-electron chi connectivity index (χ4n) is 4.14. The van der Waals surface area contributed by atoms with Crippen LogP contribution in [0, 0.1) is 32.1 Å². The third-order valence-corrected chi connectivity index (χ3v) is 5.88. The summed E-state index contributed by atoms with van der Waals surface area (Å²) in [6.07, 6.45) is 3.57. The van der Waals surface area contributed by atoms with Gasteiger partial charge in [-0.1, -0.05) is 17.7 Å². The summed E-state index contributed by atoms with van der Waals surface area (Å²) >= 11 is 0. The number of benzene rings is 2. The lowest BCUT2D eigenvalue weighted by Crippen LogP contribution is -2.02. The maximum Gasteiger partial charge on any atom is 0.249 e. The number of pyridine rings is 1. The molecule has 0 saturated heterocycles. The van der Waals surface area contributed by atoms with Crippen molar-refractivity contribution in [3.63, 3.8) is 0 Å². The molecule has 0 spiro atoms. The molecule has 35 heavy (non-hydrogen) atoms. The standard InChI is InChI=1S/C28H24N6O/c1-17-7-9-21(10-8-17)31-28-32-23-11-13-34(4)25(23)27(33-28)35-26-18(2)14-20(15-19(26)3)22-6-5-12-30-24(22)16-29/h5-15H,1-4H3,(H,31,32,33). The number of hydrogen-bond donors (Lipinski definition) is 1. The van der Waals surface area contributed by atoms with Gasteiger partial charge >= 0.3 is 0 Å². The third kappa shape index (κ3) is 4.30. The Labute approximate surface area is 203 Å². The minimum absolute atomic E-state index is 0.396. The molecule has 172 valence electrons. The SMILES string of the molecule is Cc1ccc(Nc2nc(Oc3c(C)cc(-c4cccnc4C#N)cc3C)c3c(ccn3C)n2)cc1. The Kier molecular flexibility index (Phi) is 5.63. The number of rotatable bonds is 5. The van der Waals surface area contributed by atoms with E-state index < -0.39 is 0 Å². The second-order valence-corrected chi connectivity index (χ2v) is 8.56. The molecule has 0 radical (unpaired) electrons. The van der Waals surface area contributed by atoms with Gasteiger partial charge in [0.1, 0.15) is 23.0 Å². The summed E-state index contributed by atoms with van der Waals surface area (Å²) < 4.78 is 8.40. The Balaban J connectivity index is 1.55. The summed E-state index contributed by atoms with van der Waals surface area (Å²) in [4.78, 5) is 13.6. The van der Waals surface area contributed by atoms with Crippen molar-refractivity contribution in [1.82, 2.24) is 19.5 Å². The molecule has 0 saturated carbocycles. The van der Waals surface area contributed by atoms with Gasteiger partial charge in [-0.2, -0.15) is 10.2 Å². The molecule has 0 fully saturated rings. The van der Waals surface area contributed by atoms with Gasteiger partial charge in [-0.15, -0.1) is 0 Å². The van der Waals surface area contributed by atoms with Gasteiger partial charge in [0.2, 0.25) is 11.8 Å². The van der Waals surface area contributed by atoms with Gasteiger partial charge in [0.05, 0.1) is 5.52 Å². The van der Waals surface area contributed by atoms with Gasteiger partial charge in [0, 0.05) is 30.7 Å². The van der Waals surface area contributed by atoms with Crippen LogP contribution in [0.3, 0.4) is 0 Å². The molecule has 0 aliphatic heterocycles. The van der Waals surface area contributed by atoms with Gasteiger partial charge in [-0.05, 0) is 79.9 Å². The van der Waals surface area contributed by atoms with Crippen molar-refractivity contribution >= 4 is 22.7 Å². The van der Waals surface area contributed by atoms with Gasteiger partial charge in [-0.3, -0.25) is 0 Å². The molecule has 5 rings (SSSR count). The Morgan fingerprint density at radius 3 is 2.43 bits per heavy atom. The average Bonchev–Trinajstić information content (AvgIpc) is 3.23. The average molecular weight is 461 g/mol. The lowest BCUT2D eigenvalue weighted by atomic mass is 9.99. The highest BCUT2D eigenvalue weighted by molar-refractivity contribution is 5.83. The molecule has 0 aliphatic rings. The highest BCUT2D eigenvalue weighted by Gasteiger charge is 2.17. The second kappa shape index (κ2) is 8.92. The highest BCUT2D eigenvalue weighted by Crippen LogP contribution is 2.36. The summed E-state index contributed by atoms with van der Waals surface area (Å²) in [5, 5.41) is 12.7. The van der Waals surface area contributed by atoms with Gasteiger partial charge in [0.25, 0.3) is 0 Å². The fourth-order valence-corrected chi connectivity index (χ4v) is 4.14. The highest BCUT2D eigenvalue weighted by atomic mass is 16.5. The number of nitriles is 1.